The maximum atomic E-state index is 12.1. The average Bonchev–Trinajstić information content (AvgIpc) is 2.40. The van der Waals surface area contributed by atoms with E-state index >= 15 is 0 Å². The summed E-state index contributed by atoms with van der Waals surface area (Å²) < 4.78 is 2.55. The smallest absolute Gasteiger partial charge is 0.331 e. The molecule has 6 heteroatoms. The minimum atomic E-state index is -0.383. The molecule has 1 aromatic carbocycles. The van der Waals surface area contributed by atoms with Crippen LogP contribution in [0.25, 0.3) is 0 Å². The molecule has 2 rings (SSSR count). The van der Waals surface area contributed by atoms with E-state index in [0.29, 0.717) is 6.54 Å². The fraction of sp³-hybridized carbons (Fsp3) is 0.231. The molecule has 1 aromatic heterocycles. The van der Waals surface area contributed by atoms with Gasteiger partial charge in [-0.15, -0.1) is 0 Å². The van der Waals surface area contributed by atoms with Crippen molar-refractivity contribution in [1.82, 2.24) is 9.13 Å². The maximum Gasteiger partial charge on any atom is 0.331 e. The average molecular weight is 261 g/mol. The number of benzene rings is 1. The Hall–Kier alpha value is -2.34. The van der Waals surface area contributed by atoms with Crippen molar-refractivity contribution in [3.63, 3.8) is 0 Å². The highest BCUT2D eigenvalue weighted by Gasteiger charge is 2.05. The van der Waals surface area contributed by atoms with E-state index in [9.17, 15) is 14.7 Å². The highest BCUT2D eigenvalue weighted by molar-refractivity contribution is 5.26. The van der Waals surface area contributed by atoms with E-state index in [0.717, 1.165) is 10.1 Å². The highest BCUT2D eigenvalue weighted by Crippen LogP contribution is 2.09. The van der Waals surface area contributed by atoms with E-state index in [1.807, 2.05) is 0 Å². The Morgan fingerprint density at radius 1 is 1.11 bits per heavy atom. The SMILES string of the molecule is NCCn1c(=O)ccn(Cc2ccc(O)cc2)c1=O. The number of aromatic nitrogens is 2. The monoisotopic (exact) mass is 261 g/mol. The lowest BCUT2D eigenvalue weighted by Crippen LogP contribution is -2.40. The number of aromatic hydroxyl groups is 1. The summed E-state index contributed by atoms with van der Waals surface area (Å²) in [6.45, 7) is 0.774. The van der Waals surface area contributed by atoms with Gasteiger partial charge in [0.05, 0.1) is 6.54 Å². The number of phenols is 1. The van der Waals surface area contributed by atoms with Crippen molar-refractivity contribution in [2.75, 3.05) is 6.54 Å². The second-order valence-electron chi connectivity index (χ2n) is 4.17. The van der Waals surface area contributed by atoms with Crippen molar-refractivity contribution in [2.24, 2.45) is 5.73 Å². The van der Waals surface area contributed by atoms with Crippen LogP contribution in [0.3, 0.4) is 0 Å². The molecule has 0 unspecified atom stereocenters. The van der Waals surface area contributed by atoms with Gasteiger partial charge in [0.1, 0.15) is 5.75 Å². The van der Waals surface area contributed by atoms with Crippen molar-refractivity contribution < 1.29 is 5.11 Å². The van der Waals surface area contributed by atoms with Crippen molar-refractivity contribution in [1.29, 1.82) is 0 Å². The molecular weight excluding hydrogens is 246 g/mol. The summed E-state index contributed by atoms with van der Waals surface area (Å²) in [5, 5.41) is 9.20. The largest absolute Gasteiger partial charge is 0.508 e. The van der Waals surface area contributed by atoms with Crippen LogP contribution >= 0.6 is 0 Å². The molecule has 0 saturated heterocycles. The minimum absolute atomic E-state index is 0.171. The summed E-state index contributed by atoms with van der Waals surface area (Å²) >= 11 is 0. The number of hydrogen-bond acceptors (Lipinski definition) is 4. The van der Waals surface area contributed by atoms with Gasteiger partial charge in [0.2, 0.25) is 0 Å². The first kappa shape index (κ1) is 13.1. The Kier molecular flexibility index (Phi) is 3.82. The zero-order valence-electron chi connectivity index (χ0n) is 10.3. The molecule has 0 aliphatic carbocycles. The fourth-order valence-corrected chi connectivity index (χ4v) is 1.81. The predicted molar refractivity (Wildman–Crippen MR) is 71.2 cm³/mol. The van der Waals surface area contributed by atoms with Crippen LogP contribution in [0.4, 0.5) is 0 Å². The molecule has 0 radical (unpaired) electrons. The quantitative estimate of drug-likeness (QED) is 0.792. The van der Waals surface area contributed by atoms with E-state index in [4.69, 9.17) is 5.73 Å². The minimum Gasteiger partial charge on any atom is -0.508 e. The van der Waals surface area contributed by atoms with Crippen LogP contribution in [0, 0.1) is 0 Å². The second-order valence-corrected chi connectivity index (χ2v) is 4.17. The lowest BCUT2D eigenvalue weighted by atomic mass is 10.2. The van der Waals surface area contributed by atoms with Crippen LogP contribution in [0.2, 0.25) is 0 Å². The molecule has 6 nitrogen and oxygen atoms in total. The Balaban J connectivity index is 2.36. The molecule has 0 spiro atoms. The fourth-order valence-electron chi connectivity index (χ4n) is 1.81. The van der Waals surface area contributed by atoms with Crippen LogP contribution in [0.5, 0.6) is 5.75 Å². The van der Waals surface area contributed by atoms with E-state index in [-0.39, 0.29) is 30.1 Å². The van der Waals surface area contributed by atoms with Gasteiger partial charge in [0.25, 0.3) is 5.56 Å². The predicted octanol–water partition coefficient (Wildman–Crippen LogP) is -0.277. The third-order valence-electron chi connectivity index (χ3n) is 2.78. The lowest BCUT2D eigenvalue weighted by molar-refractivity contribution is 0.475. The summed E-state index contributed by atoms with van der Waals surface area (Å²) in [7, 11) is 0. The Labute approximate surface area is 109 Å². The first-order chi connectivity index (χ1) is 9.11. The molecule has 0 amide bonds. The number of nitrogens with zero attached hydrogens (tertiary/aromatic N) is 2. The van der Waals surface area contributed by atoms with Crippen LogP contribution < -0.4 is 17.0 Å². The number of rotatable bonds is 4. The van der Waals surface area contributed by atoms with Gasteiger partial charge in [-0.3, -0.25) is 13.9 Å². The standard InChI is InChI=1S/C13H15N3O3/c14-6-8-16-12(18)5-7-15(13(16)19)9-10-1-3-11(17)4-2-10/h1-5,7,17H,6,8-9,14H2. The molecule has 0 bridgehead atoms. The van der Waals surface area contributed by atoms with Crippen LogP contribution in [-0.4, -0.2) is 20.8 Å². The maximum absolute atomic E-state index is 12.1. The summed E-state index contributed by atoms with van der Waals surface area (Å²) in [4.78, 5) is 23.6. The van der Waals surface area contributed by atoms with Gasteiger partial charge in [-0.2, -0.15) is 0 Å². The normalized spacial score (nSPS) is 10.6. The first-order valence-corrected chi connectivity index (χ1v) is 5.90. The summed E-state index contributed by atoms with van der Waals surface area (Å²) in [5.74, 6) is 0.171. The molecule has 0 aliphatic rings. The Bertz CT molecular complexity index is 671. The zero-order chi connectivity index (χ0) is 13.8. The molecule has 1 heterocycles. The lowest BCUT2D eigenvalue weighted by Gasteiger charge is -2.09. The molecular formula is C13H15N3O3. The Morgan fingerprint density at radius 3 is 2.42 bits per heavy atom. The van der Waals surface area contributed by atoms with Crippen molar-refractivity contribution in [3.8, 4) is 5.75 Å². The molecule has 3 N–H and O–H groups in total. The van der Waals surface area contributed by atoms with Crippen LogP contribution in [0.15, 0.2) is 46.1 Å². The molecule has 100 valence electrons. The summed E-state index contributed by atoms with van der Waals surface area (Å²) in [6.07, 6.45) is 1.46. The van der Waals surface area contributed by atoms with Crippen LogP contribution in [0.1, 0.15) is 5.56 Å². The van der Waals surface area contributed by atoms with Gasteiger partial charge in [0.15, 0.2) is 0 Å². The van der Waals surface area contributed by atoms with E-state index in [2.05, 4.69) is 0 Å². The summed E-state index contributed by atoms with van der Waals surface area (Å²) in [5.41, 5.74) is 5.51. The first-order valence-electron chi connectivity index (χ1n) is 5.90. The van der Waals surface area contributed by atoms with Crippen molar-refractivity contribution in [2.45, 2.75) is 13.1 Å². The molecule has 0 aliphatic heterocycles. The highest BCUT2D eigenvalue weighted by atomic mass is 16.3. The molecule has 19 heavy (non-hydrogen) atoms. The zero-order valence-corrected chi connectivity index (χ0v) is 10.3. The molecule has 0 saturated carbocycles. The molecule has 2 aromatic rings. The third kappa shape index (κ3) is 2.92. The second kappa shape index (κ2) is 5.53. The van der Waals surface area contributed by atoms with Gasteiger partial charge in [0, 0.05) is 25.4 Å². The third-order valence-corrected chi connectivity index (χ3v) is 2.78. The van der Waals surface area contributed by atoms with E-state index < -0.39 is 0 Å². The van der Waals surface area contributed by atoms with Gasteiger partial charge in [-0.1, -0.05) is 12.1 Å². The number of nitrogens with two attached hydrogens (primary N) is 1. The van der Waals surface area contributed by atoms with Crippen LogP contribution in [-0.2, 0) is 13.1 Å². The topological polar surface area (TPSA) is 90.2 Å². The molecule has 0 fully saturated rings. The van der Waals surface area contributed by atoms with Crippen molar-refractivity contribution in [3.05, 3.63) is 62.9 Å². The number of phenolic OH excluding ortho intramolecular Hbond substituents is 1. The molecule has 0 atom stereocenters. The summed E-state index contributed by atoms with van der Waals surface area (Å²) in [6, 6.07) is 7.89. The van der Waals surface area contributed by atoms with Gasteiger partial charge < -0.3 is 10.8 Å². The van der Waals surface area contributed by atoms with E-state index in [1.54, 1.807) is 24.3 Å². The van der Waals surface area contributed by atoms with Gasteiger partial charge in [-0.25, -0.2) is 4.79 Å². The number of hydrogen-bond donors (Lipinski definition) is 2. The van der Waals surface area contributed by atoms with Crippen molar-refractivity contribution >= 4 is 0 Å². The van der Waals surface area contributed by atoms with E-state index in [1.165, 1.54) is 16.8 Å². The Morgan fingerprint density at radius 2 is 1.79 bits per heavy atom. The van der Waals surface area contributed by atoms with Gasteiger partial charge in [-0.05, 0) is 17.7 Å². The van der Waals surface area contributed by atoms with Gasteiger partial charge >= 0.3 is 5.69 Å².